The van der Waals surface area contributed by atoms with Gasteiger partial charge in [-0.2, -0.15) is 0 Å². The Bertz CT molecular complexity index is 557. The number of nitrogens with one attached hydrogen (secondary N) is 1. The fourth-order valence-corrected chi connectivity index (χ4v) is 1.97. The van der Waals surface area contributed by atoms with Crippen molar-refractivity contribution in [3.63, 3.8) is 0 Å². The number of anilines is 1. The molecule has 0 aliphatic heterocycles. The van der Waals surface area contributed by atoms with E-state index < -0.39 is 0 Å². The highest BCUT2D eigenvalue weighted by Gasteiger charge is 2.06. The molecule has 0 aliphatic carbocycles. The minimum atomic E-state index is -0.380. The molecule has 0 unspecified atom stereocenters. The van der Waals surface area contributed by atoms with Crippen molar-refractivity contribution < 1.29 is 13.9 Å². The van der Waals surface area contributed by atoms with Crippen molar-refractivity contribution in [1.29, 1.82) is 0 Å². The van der Waals surface area contributed by atoms with Crippen LogP contribution in [0, 0.1) is 5.82 Å². The molecular weight excluding hydrogens is 281 g/mol. The molecule has 3 nitrogen and oxygen atoms in total. The summed E-state index contributed by atoms with van der Waals surface area (Å²) in [4.78, 5) is 0. The summed E-state index contributed by atoms with van der Waals surface area (Å²) in [7, 11) is 1.58. The molecule has 106 valence electrons. The minimum absolute atomic E-state index is 0.290. The number of rotatable bonds is 6. The third kappa shape index (κ3) is 3.54. The average molecular weight is 296 g/mol. The maximum atomic E-state index is 13.5. The molecule has 0 saturated carbocycles. The number of ether oxygens (including phenoxy) is 2. The second-order valence-electron chi connectivity index (χ2n) is 4.02. The lowest BCUT2D eigenvalue weighted by molar-refractivity contribution is 0.305. The number of para-hydroxylation sites is 3. The van der Waals surface area contributed by atoms with Gasteiger partial charge in [0.2, 0.25) is 0 Å². The van der Waals surface area contributed by atoms with Gasteiger partial charge in [0.15, 0.2) is 11.5 Å². The number of hydrogen-bond acceptors (Lipinski definition) is 3. The van der Waals surface area contributed by atoms with E-state index in [4.69, 9.17) is 21.1 Å². The van der Waals surface area contributed by atoms with Gasteiger partial charge in [-0.1, -0.05) is 29.8 Å². The van der Waals surface area contributed by atoms with E-state index in [0.29, 0.717) is 29.7 Å². The summed E-state index contributed by atoms with van der Waals surface area (Å²) >= 11 is 5.91. The molecule has 0 spiro atoms. The summed E-state index contributed by atoms with van der Waals surface area (Å²) in [6.45, 7) is 0.795. The monoisotopic (exact) mass is 295 g/mol. The predicted octanol–water partition coefficient (Wildman–Crippen LogP) is 3.98. The lowest BCUT2D eigenvalue weighted by Gasteiger charge is -2.12. The fourth-order valence-electron chi connectivity index (χ4n) is 1.74. The lowest BCUT2D eigenvalue weighted by Crippen LogP contribution is -2.13. The summed E-state index contributed by atoms with van der Waals surface area (Å²) in [5, 5.41) is 3.27. The summed E-state index contributed by atoms with van der Waals surface area (Å²) in [6.07, 6.45) is 0. The van der Waals surface area contributed by atoms with Crippen LogP contribution in [0.15, 0.2) is 42.5 Å². The van der Waals surface area contributed by atoms with E-state index in [1.54, 1.807) is 19.2 Å². The molecule has 0 aliphatic rings. The Labute approximate surface area is 122 Å². The molecular formula is C15H15ClFNO2. The molecule has 20 heavy (non-hydrogen) atoms. The van der Waals surface area contributed by atoms with Gasteiger partial charge in [0.05, 0.1) is 17.8 Å². The zero-order chi connectivity index (χ0) is 14.4. The first kappa shape index (κ1) is 14.5. The van der Waals surface area contributed by atoms with Crippen LogP contribution in [0.4, 0.5) is 10.1 Å². The largest absolute Gasteiger partial charge is 0.493 e. The minimum Gasteiger partial charge on any atom is -0.493 e. The van der Waals surface area contributed by atoms with Gasteiger partial charge >= 0.3 is 0 Å². The number of methoxy groups -OCH3 is 1. The van der Waals surface area contributed by atoms with Crippen molar-refractivity contribution in [2.45, 2.75) is 0 Å². The molecule has 1 N–H and O–H groups in total. The molecule has 2 rings (SSSR count). The quantitative estimate of drug-likeness (QED) is 0.818. The average Bonchev–Trinajstić information content (AvgIpc) is 2.46. The van der Waals surface area contributed by atoms with Crippen LogP contribution in [0.5, 0.6) is 11.5 Å². The Balaban J connectivity index is 1.88. The van der Waals surface area contributed by atoms with Gasteiger partial charge in [-0.25, -0.2) is 4.39 Å². The van der Waals surface area contributed by atoms with E-state index in [1.807, 2.05) is 24.3 Å². The molecule has 0 radical (unpaired) electrons. The Morgan fingerprint density at radius 2 is 1.85 bits per heavy atom. The first-order valence-corrected chi connectivity index (χ1v) is 6.54. The zero-order valence-corrected chi connectivity index (χ0v) is 11.8. The van der Waals surface area contributed by atoms with Gasteiger partial charge in [-0.3, -0.25) is 0 Å². The smallest absolute Gasteiger partial charge is 0.161 e. The highest BCUT2D eigenvalue weighted by molar-refractivity contribution is 6.33. The van der Waals surface area contributed by atoms with E-state index in [0.717, 1.165) is 0 Å². The molecule has 0 amide bonds. The van der Waals surface area contributed by atoms with E-state index in [-0.39, 0.29) is 11.5 Å². The van der Waals surface area contributed by atoms with Crippen molar-refractivity contribution in [3.8, 4) is 11.5 Å². The standard InChI is InChI=1S/C15H15ClFNO2/c1-19-13-7-2-3-8-14(13)20-10-9-18-15-11(16)5-4-6-12(15)17/h2-8,18H,9-10H2,1H3. The molecule has 0 fully saturated rings. The zero-order valence-electron chi connectivity index (χ0n) is 11.0. The molecule has 5 heteroatoms. The summed E-state index contributed by atoms with van der Waals surface area (Å²) in [5.74, 6) is 0.933. The highest BCUT2D eigenvalue weighted by Crippen LogP contribution is 2.26. The molecule has 0 saturated heterocycles. The topological polar surface area (TPSA) is 30.5 Å². The van der Waals surface area contributed by atoms with E-state index in [2.05, 4.69) is 5.32 Å². The second-order valence-corrected chi connectivity index (χ2v) is 4.43. The summed E-state index contributed by atoms with van der Waals surface area (Å²) < 4.78 is 24.3. The van der Waals surface area contributed by atoms with Crippen molar-refractivity contribution in [3.05, 3.63) is 53.3 Å². The molecule has 0 heterocycles. The van der Waals surface area contributed by atoms with Crippen LogP contribution in [-0.4, -0.2) is 20.3 Å². The summed E-state index contributed by atoms with van der Waals surface area (Å²) in [6, 6.07) is 11.9. The lowest BCUT2D eigenvalue weighted by atomic mass is 10.3. The Hall–Kier alpha value is -1.94. The normalized spacial score (nSPS) is 10.2. The molecule has 0 bridgehead atoms. The van der Waals surface area contributed by atoms with E-state index in [1.165, 1.54) is 6.07 Å². The van der Waals surface area contributed by atoms with Crippen LogP contribution in [0.2, 0.25) is 5.02 Å². The van der Waals surface area contributed by atoms with Crippen LogP contribution >= 0.6 is 11.6 Å². The van der Waals surface area contributed by atoms with Gasteiger partial charge in [-0.05, 0) is 24.3 Å². The first-order chi connectivity index (χ1) is 9.72. The van der Waals surface area contributed by atoms with Gasteiger partial charge in [-0.15, -0.1) is 0 Å². The predicted molar refractivity (Wildman–Crippen MR) is 78.4 cm³/mol. The molecule has 2 aromatic carbocycles. The van der Waals surface area contributed by atoms with Gasteiger partial charge in [0.1, 0.15) is 12.4 Å². The number of benzene rings is 2. The van der Waals surface area contributed by atoms with Crippen molar-refractivity contribution >= 4 is 17.3 Å². The summed E-state index contributed by atoms with van der Waals surface area (Å²) in [5.41, 5.74) is 0.290. The first-order valence-electron chi connectivity index (χ1n) is 6.16. The number of hydrogen-bond donors (Lipinski definition) is 1. The SMILES string of the molecule is COc1ccccc1OCCNc1c(F)cccc1Cl. The molecule has 0 atom stereocenters. The number of halogens is 2. The van der Waals surface area contributed by atoms with Crippen molar-refractivity contribution in [2.75, 3.05) is 25.6 Å². The molecule has 2 aromatic rings. The van der Waals surface area contributed by atoms with Crippen LogP contribution in [0.25, 0.3) is 0 Å². The van der Waals surface area contributed by atoms with Crippen LogP contribution in [0.1, 0.15) is 0 Å². The third-order valence-corrected chi connectivity index (χ3v) is 3.01. The highest BCUT2D eigenvalue weighted by atomic mass is 35.5. The Morgan fingerprint density at radius 3 is 2.55 bits per heavy atom. The Kier molecular flexibility index (Phi) is 5.07. The maximum Gasteiger partial charge on any atom is 0.161 e. The van der Waals surface area contributed by atoms with Gasteiger partial charge < -0.3 is 14.8 Å². The fraction of sp³-hybridized carbons (Fsp3) is 0.200. The van der Waals surface area contributed by atoms with E-state index >= 15 is 0 Å². The second kappa shape index (κ2) is 7.01. The van der Waals surface area contributed by atoms with Crippen LogP contribution < -0.4 is 14.8 Å². The Morgan fingerprint density at radius 1 is 1.10 bits per heavy atom. The maximum absolute atomic E-state index is 13.5. The van der Waals surface area contributed by atoms with Gasteiger partial charge in [0, 0.05) is 6.54 Å². The van der Waals surface area contributed by atoms with Crippen LogP contribution in [-0.2, 0) is 0 Å². The third-order valence-electron chi connectivity index (χ3n) is 2.69. The van der Waals surface area contributed by atoms with Crippen molar-refractivity contribution in [2.24, 2.45) is 0 Å². The van der Waals surface area contributed by atoms with E-state index in [9.17, 15) is 4.39 Å². The van der Waals surface area contributed by atoms with Gasteiger partial charge in [0.25, 0.3) is 0 Å². The van der Waals surface area contributed by atoms with Crippen LogP contribution in [0.3, 0.4) is 0 Å². The molecule has 0 aromatic heterocycles. The van der Waals surface area contributed by atoms with Crippen molar-refractivity contribution in [1.82, 2.24) is 0 Å².